The highest BCUT2D eigenvalue weighted by atomic mass is 15.1. The van der Waals surface area contributed by atoms with Gasteiger partial charge in [0.15, 0.2) is 0 Å². The van der Waals surface area contributed by atoms with Crippen LogP contribution in [0.4, 0.5) is 11.4 Å². The molecular formula is C16H18N2. The molecule has 0 atom stereocenters. The van der Waals surface area contributed by atoms with Crippen molar-refractivity contribution in [1.82, 2.24) is 0 Å². The number of aryl methyl sites for hydroxylation is 4. The minimum absolute atomic E-state index is 0.972. The largest absolute Gasteiger partial charge is 0.150 e. The van der Waals surface area contributed by atoms with Gasteiger partial charge in [-0.05, 0) is 49.9 Å². The van der Waals surface area contributed by atoms with E-state index < -0.39 is 0 Å². The van der Waals surface area contributed by atoms with Crippen molar-refractivity contribution < 1.29 is 0 Å². The van der Waals surface area contributed by atoms with E-state index in [9.17, 15) is 0 Å². The molecule has 2 aromatic rings. The van der Waals surface area contributed by atoms with E-state index in [1.807, 2.05) is 12.1 Å². The van der Waals surface area contributed by atoms with Crippen LogP contribution in [0.3, 0.4) is 0 Å². The summed E-state index contributed by atoms with van der Waals surface area (Å²) in [5.74, 6) is 0. The summed E-state index contributed by atoms with van der Waals surface area (Å²) in [5.41, 5.74) is 6.57. The van der Waals surface area contributed by atoms with Gasteiger partial charge in [0.05, 0.1) is 11.4 Å². The molecule has 0 amide bonds. The minimum Gasteiger partial charge on any atom is -0.150 e. The van der Waals surface area contributed by atoms with E-state index in [0.717, 1.165) is 33.6 Å². The molecule has 0 saturated carbocycles. The van der Waals surface area contributed by atoms with Crippen LogP contribution >= 0.6 is 0 Å². The molecule has 18 heavy (non-hydrogen) atoms. The molecule has 0 N–H and O–H groups in total. The van der Waals surface area contributed by atoms with Crippen LogP contribution in [0.5, 0.6) is 0 Å². The standard InChI is InChI=1S/C16H18N2/c1-11-7-5-8-12(2)15(11)17-18-16-13(3)9-6-10-14(16)4/h5-10H,1-4H3/b18-17+. The van der Waals surface area contributed by atoms with Crippen molar-refractivity contribution in [3.63, 3.8) is 0 Å². The summed E-state index contributed by atoms with van der Waals surface area (Å²) in [7, 11) is 0. The molecular weight excluding hydrogens is 220 g/mol. The maximum absolute atomic E-state index is 4.42. The Morgan fingerprint density at radius 2 is 0.833 bits per heavy atom. The van der Waals surface area contributed by atoms with Gasteiger partial charge in [-0.3, -0.25) is 0 Å². The number of hydrogen-bond donors (Lipinski definition) is 0. The van der Waals surface area contributed by atoms with Crippen LogP contribution in [-0.2, 0) is 0 Å². The zero-order valence-electron chi connectivity index (χ0n) is 11.4. The molecule has 0 aliphatic carbocycles. The Kier molecular flexibility index (Phi) is 3.56. The van der Waals surface area contributed by atoms with Crippen molar-refractivity contribution in [2.24, 2.45) is 10.2 Å². The van der Waals surface area contributed by atoms with Gasteiger partial charge >= 0.3 is 0 Å². The fraction of sp³-hybridized carbons (Fsp3) is 0.250. The highest BCUT2D eigenvalue weighted by Crippen LogP contribution is 2.28. The lowest BCUT2D eigenvalue weighted by Gasteiger charge is -2.05. The fourth-order valence-electron chi connectivity index (χ4n) is 2.03. The van der Waals surface area contributed by atoms with Gasteiger partial charge < -0.3 is 0 Å². The summed E-state index contributed by atoms with van der Waals surface area (Å²) in [6.07, 6.45) is 0. The molecule has 2 aromatic carbocycles. The van der Waals surface area contributed by atoms with Gasteiger partial charge in [-0.1, -0.05) is 36.4 Å². The third kappa shape index (κ3) is 2.48. The van der Waals surface area contributed by atoms with Gasteiger partial charge in [0.25, 0.3) is 0 Å². The van der Waals surface area contributed by atoms with Gasteiger partial charge in [0.2, 0.25) is 0 Å². The molecule has 0 saturated heterocycles. The second-order valence-electron chi connectivity index (χ2n) is 4.68. The van der Waals surface area contributed by atoms with E-state index in [1.54, 1.807) is 0 Å². The third-order valence-corrected chi connectivity index (χ3v) is 3.13. The van der Waals surface area contributed by atoms with E-state index in [2.05, 4.69) is 62.2 Å². The second-order valence-corrected chi connectivity index (χ2v) is 4.68. The first-order valence-electron chi connectivity index (χ1n) is 6.14. The zero-order chi connectivity index (χ0) is 13.1. The first kappa shape index (κ1) is 12.5. The summed E-state index contributed by atoms with van der Waals surface area (Å²) >= 11 is 0. The number of rotatable bonds is 2. The van der Waals surface area contributed by atoms with Crippen LogP contribution in [0.2, 0.25) is 0 Å². The first-order chi connectivity index (χ1) is 8.59. The quantitative estimate of drug-likeness (QED) is 0.631. The van der Waals surface area contributed by atoms with E-state index in [4.69, 9.17) is 0 Å². The first-order valence-corrected chi connectivity index (χ1v) is 6.14. The van der Waals surface area contributed by atoms with Gasteiger partial charge in [0, 0.05) is 0 Å². The lowest BCUT2D eigenvalue weighted by atomic mass is 10.1. The van der Waals surface area contributed by atoms with Crippen molar-refractivity contribution >= 4 is 11.4 Å². The van der Waals surface area contributed by atoms with E-state index >= 15 is 0 Å². The molecule has 0 aromatic heterocycles. The van der Waals surface area contributed by atoms with Gasteiger partial charge in [-0.15, -0.1) is 10.2 Å². The zero-order valence-corrected chi connectivity index (χ0v) is 11.4. The lowest BCUT2D eigenvalue weighted by Crippen LogP contribution is -1.81. The number of benzene rings is 2. The van der Waals surface area contributed by atoms with Crippen molar-refractivity contribution in [3.05, 3.63) is 58.7 Å². The average Bonchev–Trinajstić information content (AvgIpc) is 2.31. The Balaban J connectivity index is 2.43. The fourth-order valence-corrected chi connectivity index (χ4v) is 2.03. The molecule has 0 unspecified atom stereocenters. The third-order valence-electron chi connectivity index (χ3n) is 3.13. The topological polar surface area (TPSA) is 24.7 Å². The maximum Gasteiger partial charge on any atom is 0.0915 e. The molecule has 92 valence electrons. The molecule has 0 heterocycles. The molecule has 0 fully saturated rings. The normalized spacial score (nSPS) is 11.1. The summed E-state index contributed by atoms with van der Waals surface area (Å²) < 4.78 is 0. The van der Waals surface area contributed by atoms with Crippen LogP contribution in [-0.4, -0.2) is 0 Å². The number of hydrogen-bond acceptors (Lipinski definition) is 2. The Morgan fingerprint density at radius 3 is 1.11 bits per heavy atom. The van der Waals surface area contributed by atoms with Crippen LogP contribution in [0.1, 0.15) is 22.3 Å². The maximum atomic E-state index is 4.42. The van der Waals surface area contributed by atoms with Gasteiger partial charge in [-0.25, -0.2) is 0 Å². The van der Waals surface area contributed by atoms with Crippen molar-refractivity contribution in [1.29, 1.82) is 0 Å². The molecule has 0 radical (unpaired) electrons. The van der Waals surface area contributed by atoms with Crippen molar-refractivity contribution in [2.45, 2.75) is 27.7 Å². The summed E-state index contributed by atoms with van der Waals surface area (Å²) in [6.45, 7) is 8.25. The molecule has 0 spiro atoms. The van der Waals surface area contributed by atoms with Gasteiger partial charge in [-0.2, -0.15) is 0 Å². The average molecular weight is 238 g/mol. The Bertz CT molecular complexity index is 504. The van der Waals surface area contributed by atoms with E-state index in [1.165, 1.54) is 0 Å². The van der Waals surface area contributed by atoms with E-state index in [-0.39, 0.29) is 0 Å². The molecule has 0 aliphatic rings. The molecule has 0 aliphatic heterocycles. The van der Waals surface area contributed by atoms with E-state index in [0.29, 0.717) is 0 Å². The minimum atomic E-state index is 0.972. The van der Waals surface area contributed by atoms with Crippen molar-refractivity contribution in [2.75, 3.05) is 0 Å². The Labute approximate surface area is 108 Å². The van der Waals surface area contributed by atoms with Crippen LogP contribution in [0, 0.1) is 27.7 Å². The second kappa shape index (κ2) is 5.13. The smallest absolute Gasteiger partial charge is 0.0915 e. The van der Waals surface area contributed by atoms with Crippen LogP contribution in [0.25, 0.3) is 0 Å². The molecule has 2 nitrogen and oxygen atoms in total. The lowest BCUT2D eigenvalue weighted by molar-refractivity contribution is 1.16. The number of azo groups is 1. The summed E-state index contributed by atoms with van der Waals surface area (Å²) in [4.78, 5) is 0. The summed E-state index contributed by atoms with van der Waals surface area (Å²) in [5, 5.41) is 8.84. The summed E-state index contributed by atoms with van der Waals surface area (Å²) in [6, 6.07) is 12.3. The molecule has 2 rings (SSSR count). The molecule has 2 heteroatoms. The number of nitrogens with zero attached hydrogens (tertiary/aromatic N) is 2. The predicted molar refractivity (Wildman–Crippen MR) is 76.0 cm³/mol. The highest BCUT2D eigenvalue weighted by Gasteiger charge is 2.02. The highest BCUT2D eigenvalue weighted by molar-refractivity contribution is 5.54. The van der Waals surface area contributed by atoms with Crippen LogP contribution in [0.15, 0.2) is 46.6 Å². The molecule has 0 bridgehead atoms. The van der Waals surface area contributed by atoms with Crippen LogP contribution < -0.4 is 0 Å². The SMILES string of the molecule is Cc1cccc(C)c1/N=N/c1c(C)cccc1C. The monoisotopic (exact) mass is 238 g/mol. The predicted octanol–water partition coefficient (Wildman–Crippen LogP) is 5.34. The van der Waals surface area contributed by atoms with Gasteiger partial charge in [0.1, 0.15) is 0 Å². The Hall–Kier alpha value is -1.96. The Morgan fingerprint density at radius 1 is 0.556 bits per heavy atom. The van der Waals surface area contributed by atoms with Crippen molar-refractivity contribution in [3.8, 4) is 0 Å².